The summed E-state index contributed by atoms with van der Waals surface area (Å²) in [5.74, 6) is -0.695. The van der Waals surface area contributed by atoms with Gasteiger partial charge in [0.2, 0.25) is 0 Å². The molecule has 0 amide bonds. The molecule has 0 saturated carbocycles. The fourth-order valence-electron chi connectivity index (χ4n) is 1.42. The average molecular weight is 298 g/mol. The normalized spacial score (nSPS) is 12.5. The molecule has 0 aromatic carbocycles. The molecule has 0 spiro atoms. The third-order valence-electron chi connectivity index (χ3n) is 2.26. The number of carbonyl (C=O) groups is 1. The molecule has 0 aromatic rings. The smallest absolute Gasteiger partial charge is 0.481 e. The van der Waals surface area contributed by atoms with Crippen LogP contribution in [0.25, 0.3) is 0 Å². The number of unbranched alkanes of at least 4 members (excludes halogenated alkanes) is 5. The van der Waals surface area contributed by atoms with Crippen LogP contribution in [0.3, 0.4) is 0 Å². The fourth-order valence-corrected chi connectivity index (χ4v) is 1.42. The molecule has 0 rings (SSSR count). The summed E-state index contributed by atoms with van der Waals surface area (Å²) in [6, 6.07) is 0. The number of aliphatic hydroxyl groups excluding tert-OH is 1. The van der Waals surface area contributed by atoms with E-state index in [0.717, 1.165) is 44.9 Å². The van der Waals surface area contributed by atoms with Crippen LogP contribution < -0.4 is 0 Å². The zero-order chi connectivity index (χ0) is 15.3. The predicted molar refractivity (Wildman–Crippen MR) is 70.9 cm³/mol. The molecular formula is C11H26O7Si. The van der Waals surface area contributed by atoms with E-state index >= 15 is 0 Å². The van der Waals surface area contributed by atoms with E-state index in [1.165, 1.54) is 0 Å². The Bertz CT molecular complexity index is 210. The lowest BCUT2D eigenvalue weighted by Crippen LogP contribution is -2.33. The third-order valence-corrected chi connectivity index (χ3v) is 2.26. The van der Waals surface area contributed by atoms with Crippen molar-refractivity contribution in [2.45, 2.75) is 64.4 Å². The lowest BCUT2D eigenvalue weighted by Gasteiger charge is -2.03. The van der Waals surface area contributed by atoms with Gasteiger partial charge in [-0.05, 0) is 19.8 Å². The van der Waals surface area contributed by atoms with Gasteiger partial charge in [0, 0.05) is 6.42 Å². The number of hydrogen-bond donors (Lipinski definition) is 6. The summed E-state index contributed by atoms with van der Waals surface area (Å²) in [6.45, 7) is 1.81. The molecule has 8 heteroatoms. The van der Waals surface area contributed by atoms with Crippen molar-refractivity contribution in [2.75, 3.05) is 0 Å². The highest BCUT2D eigenvalue weighted by molar-refractivity contribution is 6.46. The maximum absolute atomic E-state index is 10.2. The Morgan fingerprint density at radius 3 is 1.68 bits per heavy atom. The van der Waals surface area contributed by atoms with Gasteiger partial charge in [-0.25, -0.2) is 0 Å². The largest absolute Gasteiger partial charge is 0.668 e. The van der Waals surface area contributed by atoms with Crippen molar-refractivity contribution in [1.29, 1.82) is 0 Å². The van der Waals surface area contributed by atoms with Crippen molar-refractivity contribution in [3.63, 3.8) is 0 Å². The summed E-state index contributed by atoms with van der Waals surface area (Å²) in [4.78, 5) is 39.5. The zero-order valence-electron chi connectivity index (χ0n) is 11.3. The van der Waals surface area contributed by atoms with E-state index in [1.807, 2.05) is 6.92 Å². The average Bonchev–Trinajstić information content (AvgIpc) is 2.18. The van der Waals surface area contributed by atoms with Gasteiger partial charge in [-0.15, -0.1) is 0 Å². The zero-order valence-corrected chi connectivity index (χ0v) is 12.3. The third kappa shape index (κ3) is 38.1. The van der Waals surface area contributed by atoms with Gasteiger partial charge in [-0.1, -0.05) is 32.1 Å². The van der Waals surface area contributed by atoms with Crippen molar-refractivity contribution in [3.8, 4) is 0 Å². The van der Waals surface area contributed by atoms with E-state index in [9.17, 15) is 4.79 Å². The van der Waals surface area contributed by atoms with E-state index in [1.54, 1.807) is 0 Å². The van der Waals surface area contributed by atoms with Gasteiger partial charge < -0.3 is 29.4 Å². The minimum atomic E-state index is -4.61. The summed E-state index contributed by atoms with van der Waals surface area (Å²) >= 11 is 0. The van der Waals surface area contributed by atoms with Crippen molar-refractivity contribution >= 4 is 15.0 Å². The number of aliphatic carboxylic acids is 1. The van der Waals surface area contributed by atoms with Crippen molar-refractivity contribution < 1.29 is 34.2 Å². The number of carboxylic acid groups (broad SMARTS) is 1. The summed E-state index contributed by atoms with van der Waals surface area (Å²) < 4.78 is 0. The number of hydrogen-bond acceptors (Lipinski definition) is 6. The highest BCUT2D eigenvalue weighted by atomic mass is 28.4. The minimum Gasteiger partial charge on any atom is -0.481 e. The molecule has 1 unspecified atom stereocenters. The van der Waals surface area contributed by atoms with Gasteiger partial charge in [0.1, 0.15) is 0 Å². The van der Waals surface area contributed by atoms with E-state index in [-0.39, 0.29) is 6.10 Å². The van der Waals surface area contributed by atoms with Gasteiger partial charge in [0.25, 0.3) is 0 Å². The molecule has 0 bridgehead atoms. The Labute approximate surface area is 114 Å². The molecule has 0 heterocycles. The summed E-state index contributed by atoms with van der Waals surface area (Å²) in [5.41, 5.74) is 0. The van der Waals surface area contributed by atoms with Crippen LogP contribution in [0, 0.1) is 0 Å². The first-order valence-electron chi connectivity index (χ1n) is 6.42. The Kier molecular flexibility index (Phi) is 13.7. The Morgan fingerprint density at radius 1 is 0.947 bits per heavy atom. The maximum atomic E-state index is 10.2. The molecule has 0 fully saturated rings. The second-order valence-electron chi connectivity index (χ2n) is 4.50. The first kappa shape index (κ1) is 20.8. The van der Waals surface area contributed by atoms with Crippen LogP contribution in [-0.4, -0.2) is 50.5 Å². The molecule has 1 atom stereocenters. The second kappa shape index (κ2) is 12.5. The van der Waals surface area contributed by atoms with Gasteiger partial charge >= 0.3 is 15.0 Å². The molecule has 0 aliphatic heterocycles. The van der Waals surface area contributed by atoms with Crippen LogP contribution >= 0.6 is 0 Å². The lowest BCUT2D eigenvalue weighted by atomic mass is 10.1. The SMILES string of the molecule is CC(O)CCCCCCCCC(=O)O.O[Si](O)(O)O. The lowest BCUT2D eigenvalue weighted by molar-refractivity contribution is -0.137. The molecule has 0 aromatic heterocycles. The second-order valence-corrected chi connectivity index (χ2v) is 5.70. The molecule has 0 saturated heterocycles. The van der Waals surface area contributed by atoms with Crippen LogP contribution in [0.2, 0.25) is 0 Å². The Morgan fingerprint density at radius 2 is 1.32 bits per heavy atom. The topological polar surface area (TPSA) is 138 Å². The standard InChI is InChI=1S/C11H22O3.H4O4Si/c1-10(12)8-6-4-2-3-5-7-9-11(13)14;1-5(2,3)4/h10,12H,2-9H2,1H3,(H,13,14);1-4H. The predicted octanol–water partition coefficient (Wildman–Crippen LogP) is -0.0362. The van der Waals surface area contributed by atoms with Crippen LogP contribution in [0.4, 0.5) is 0 Å². The van der Waals surface area contributed by atoms with Crippen LogP contribution in [-0.2, 0) is 4.79 Å². The van der Waals surface area contributed by atoms with Crippen LogP contribution in [0.15, 0.2) is 0 Å². The van der Waals surface area contributed by atoms with Crippen molar-refractivity contribution in [3.05, 3.63) is 0 Å². The van der Waals surface area contributed by atoms with Crippen molar-refractivity contribution in [1.82, 2.24) is 0 Å². The number of rotatable bonds is 9. The molecule has 6 N–H and O–H groups in total. The van der Waals surface area contributed by atoms with Crippen LogP contribution in [0.1, 0.15) is 58.3 Å². The first-order chi connectivity index (χ1) is 8.63. The summed E-state index contributed by atoms with van der Waals surface area (Å²) in [5, 5.41) is 17.4. The van der Waals surface area contributed by atoms with Crippen molar-refractivity contribution in [2.24, 2.45) is 0 Å². The van der Waals surface area contributed by atoms with E-state index < -0.39 is 15.0 Å². The summed E-state index contributed by atoms with van der Waals surface area (Å²) in [6.07, 6.45) is 7.32. The fraction of sp³-hybridized carbons (Fsp3) is 0.909. The highest BCUT2D eigenvalue weighted by Crippen LogP contribution is 2.09. The first-order valence-corrected chi connectivity index (χ1v) is 8.21. The van der Waals surface area contributed by atoms with E-state index in [0.29, 0.717) is 6.42 Å². The molecular weight excluding hydrogens is 272 g/mol. The molecule has 0 aliphatic carbocycles. The van der Waals surface area contributed by atoms with E-state index in [4.69, 9.17) is 29.4 Å². The highest BCUT2D eigenvalue weighted by Gasteiger charge is 2.22. The van der Waals surface area contributed by atoms with Crippen LogP contribution in [0.5, 0.6) is 0 Å². The maximum Gasteiger partial charge on any atom is 0.668 e. The Hall–Kier alpha value is -0.513. The van der Waals surface area contributed by atoms with E-state index in [2.05, 4.69) is 0 Å². The Balaban J connectivity index is 0. The van der Waals surface area contributed by atoms with Gasteiger partial charge in [0.15, 0.2) is 0 Å². The quantitative estimate of drug-likeness (QED) is 0.259. The summed E-state index contributed by atoms with van der Waals surface area (Å²) in [7, 11) is -4.61. The van der Waals surface area contributed by atoms with Gasteiger partial charge in [-0.3, -0.25) is 4.79 Å². The molecule has 19 heavy (non-hydrogen) atoms. The molecule has 0 radical (unpaired) electrons. The van der Waals surface area contributed by atoms with Gasteiger partial charge in [0.05, 0.1) is 6.10 Å². The van der Waals surface area contributed by atoms with Gasteiger partial charge in [-0.2, -0.15) is 0 Å². The monoisotopic (exact) mass is 298 g/mol. The minimum absolute atomic E-state index is 0.179. The number of aliphatic hydroxyl groups is 1. The molecule has 116 valence electrons. The molecule has 0 aliphatic rings. The molecule has 7 nitrogen and oxygen atoms in total. The number of carboxylic acids is 1.